The predicted octanol–water partition coefficient (Wildman–Crippen LogP) is 7.62. The SMILES string of the molecule is CNC(C)(C)CCC(C)C1CCC2C3CC=C4CC(C)CCC4(C)C3CCC12C. The third-order valence-corrected chi connectivity index (χ3v) is 11.0. The molecule has 0 aromatic heterocycles. The average molecular weight is 400 g/mol. The van der Waals surface area contributed by atoms with E-state index >= 15 is 0 Å². The van der Waals surface area contributed by atoms with E-state index in [-0.39, 0.29) is 5.54 Å². The highest BCUT2D eigenvalue weighted by molar-refractivity contribution is 5.25. The second-order valence-electron chi connectivity index (χ2n) is 13.0. The molecule has 4 rings (SSSR count). The van der Waals surface area contributed by atoms with Crippen LogP contribution < -0.4 is 5.32 Å². The van der Waals surface area contributed by atoms with E-state index in [1.54, 1.807) is 0 Å². The Bertz CT molecular complexity index is 632. The van der Waals surface area contributed by atoms with Crippen molar-refractivity contribution in [1.29, 1.82) is 0 Å². The Labute approximate surface area is 181 Å². The van der Waals surface area contributed by atoms with Crippen molar-refractivity contribution in [3.8, 4) is 0 Å². The van der Waals surface area contributed by atoms with Crippen LogP contribution in [0.4, 0.5) is 0 Å². The number of allylic oxidation sites excluding steroid dienone is 2. The highest BCUT2D eigenvalue weighted by atomic mass is 14.9. The zero-order valence-corrected chi connectivity index (χ0v) is 20.6. The van der Waals surface area contributed by atoms with E-state index in [9.17, 15) is 0 Å². The number of hydrogen-bond donors (Lipinski definition) is 1. The summed E-state index contributed by atoms with van der Waals surface area (Å²) in [6.45, 7) is 15.2. The molecular formula is C28H49N. The van der Waals surface area contributed by atoms with Crippen molar-refractivity contribution in [1.82, 2.24) is 5.32 Å². The number of fused-ring (bicyclic) bond motifs is 5. The van der Waals surface area contributed by atoms with Gasteiger partial charge in [-0.3, -0.25) is 0 Å². The maximum atomic E-state index is 3.52. The molecule has 166 valence electrons. The fourth-order valence-electron chi connectivity index (χ4n) is 8.73. The van der Waals surface area contributed by atoms with Crippen molar-refractivity contribution in [2.24, 2.45) is 46.3 Å². The fraction of sp³-hybridized carbons (Fsp3) is 0.929. The molecule has 0 amide bonds. The lowest BCUT2D eigenvalue weighted by Gasteiger charge is -2.58. The molecule has 8 unspecified atom stereocenters. The molecule has 8 atom stereocenters. The van der Waals surface area contributed by atoms with Gasteiger partial charge >= 0.3 is 0 Å². The zero-order valence-electron chi connectivity index (χ0n) is 20.6. The van der Waals surface area contributed by atoms with Gasteiger partial charge in [-0.05, 0) is 131 Å². The first-order valence-electron chi connectivity index (χ1n) is 13.0. The molecule has 1 N–H and O–H groups in total. The molecule has 4 aliphatic carbocycles. The first kappa shape index (κ1) is 21.9. The Morgan fingerprint density at radius 1 is 1.10 bits per heavy atom. The lowest BCUT2D eigenvalue weighted by atomic mass is 9.46. The van der Waals surface area contributed by atoms with Gasteiger partial charge in [0.2, 0.25) is 0 Å². The second kappa shape index (κ2) is 7.68. The van der Waals surface area contributed by atoms with Crippen LogP contribution in [-0.2, 0) is 0 Å². The van der Waals surface area contributed by atoms with Gasteiger partial charge in [0.05, 0.1) is 0 Å². The van der Waals surface area contributed by atoms with E-state index in [4.69, 9.17) is 0 Å². The van der Waals surface area contributed by atoms with E-state index < -0.39 is 0 Å². The van der Waals surface area contributed by atoms with Gasteiger partial charge in [-0.2, -0.15) is 0 Å². The van der Waals surface area contributed by atoms with Gasteiger partial charge in [-0.25, -0.2) is 0 Å². The Hall–Kier alpha value is -0.300. The standard InChI is InChI=1S/C28H49N/c1-19-12-16-27(5)21(18-19)8-9-22-24-11-10-23(28(24,6)17-14-25(22)27)20(2)13-15-26(3,4)29-7/h8,19-20,22-25,29H,9-18H2,1-7H3. The Kier molecular flexibility index (Phi) is 5.81. The molecule has 0 radical (unpaired) electrons. The third-order valence-electron chi connectivity index (χ3n) is 11.0. The first-order chi connectivity index (χ1) is 13.6. The molecule has 1 nitrogen and oxygen atoms in total. The van der Waals surface area contributed by atoms with Crippen LogP contribution in [0.1, 0.15) is 106 Å². The summed E-state index contributed by atoms with van der Waals surface area (Å²) in [5.74, 6) is 5.67. The van der Waals surface area contributed by atoms with Crippen LogP contribution in [-0.4, -0.2) is 12.6 Å². The van der Waals surface area contributed by atoms with Gasteiger partial charge in [0, 0.05) is 5.54 Å². The van der Waals surface area contributed by atoms with Crippen molar-refractivity contribution < 1.29 is 0 Å². The van der Waals surface area contributed by atoms with Crippen molar-refractivity contribution in [3.63, 3.8) is 0 Å². The number of rotatable bonds is 5. The molecule has 3 saturated carbocycles. The van der Waals surface area contributed by atoms with Gasteiger partial charge in [0.1, 0.15) is 0 Å². The predicted molar refractivity (Wildman–Crippen MR) is 126 cm³/mol. The first-order valence-corrected chi connectivity index (χ1v) is 13.0. The molecule has 0 aliphatic heterocycles. The van der Waals surface area contributed by atoms with Crippen LogP contribution in [0.15, 0.2) is 11.6 Å². The molecule has 0 aromatic rings. The molecular weight excluding hydrogens is 350 g/mol. The Morgan fingerprint density at radius 2 is 1.86 bits per heavy atom. The van der Waals surface area contributed by atoms with Gasteiger partial charge < -0.3 is 5.32 Å². The molecule has 0 spiro atoms. The van der Waals surface area contributed by atoms with Gasteiger partial charge in [0.15, 0.2) is 0 Å². The topological polar surface area (TPSA) is 12.0 Å². The minimum atomic E-state index is 0.280. The van der Waals surface area contributed by atoms with E-state index in [0.717, 1.165) is 35.5 Å². The summed E-state index contributed by atoms with van der Waals surface area (Å²) in [6.07, 6.45) is 17.2. The van der Waals surface area contributed by atoms with Crippen molar-refractivity contribution in [2.75, 3.05) is 7.05 Å². The average Bonchev–Trinajstić information content (AvgIpc) is 3.04. The number of nitrogens with one attached hydrogen (secondary N) is 1. The van der Waals surface area contributed by atoms with Crippen LogP contribution in [0.2, 0.25) is 0 Å². The summed E-state index contributed by atoms with van der Waals surface area (Å²) in [4.78, 5) is 0. The third kappa shape index (κ3) is 3.66. The minimum Gasteiger partial charge on any atom is -0.315 e. The second-order valence-corrected chi connectivity index (χ2v) is 13.0. The normalized spacial score (nSPS) is 45.8. The summed E-state index contributed by atoms with van der Waals surface area (Å²) in [5.41, 5.74) is 3.28. The lowest BCUT2D eigenvalue weighted by Crippen LogP contribution is -2.50. The number of hydrogen-bond acceptors (Lipinski definition) is 1. The van der Waals surface area contributed by atoms with E-state index in [0.29, 0.717) is 10.8 Å². The van der Waals surface area contributed by atoms with Crippen molar-refractivity contribution >= 4 is 0 Å². The van der Waals surface area contributed by atoms with Gasteiger partial charge in [-0.1, -0.05) is 39.3 Å². The molecule has 0 aromatic carbocycles. The fourth-order valence-corrected chi connectivity index (χ4v) is 8.73. The Morgan fingerprint density at radius 3 is 2.59 bits per heavy atom. The summed E-state index contributed by atoms with van der Waals surface area (Å²) in [5, 5.41) is 3.52. The summed E-state index contributed by atoms with van der Waals surface area (Å²) in [6, 6.07) is 0. The highest BCUT2D eigenvalue weighted by Crippen LogP contribution is 2.67. The maximum Gasteiger partial charge on any atom is 0.0122 e. The molecule has 0 heterocycles. The van der Waals surface area contributed by atoms with Crippen LogP contribution >= 0.6 is 0 Å². The molecule has 4 aliphatic rings. The maximum absolute atomic E-state index is 3.52. The molecule has 3 fully saturated rings. The van der Waals surface area contributed by atoms with Crippen LogP contribution in [0.25, 0.3) is 0 Å². The van der Waals surface area contributed by atoms with Gasteiger partial charge in [0.25, 0.3) is 0 Å². The van der Waals surface area contributed by atoms with Crippen molar-refractivity contribution in [3.05, 3.63) is 11.6 Å². The van der Waals surface area contributed by atoms with Gasteiger partial charge in [-0.15, -0.1) is 0 Å². The minimum absolute atomic E-state index is 0.280. The van der Waals surface area contributed by atoms with Crippen molar-refractivity contribution in [2.45, 2.75) is 111 Å². The monoisotopic (exact) mass is 399 g/mol. The lowest BCUT2D eigenvalue weighted by molar-refractivity contribution is -0.0525. The van der Waals surface area contributed by atoms with E-state index in [1.165, 1.54) is 64.2 Å². The van der Waals surface area contributed by atoms with E-state index in [2.05, 4.69) is 60.0 Å². The summed E-state index contributed by atoms with van der Waals surface area (Å²) >= 11 is 0. The highest BCUT2D eigenvalue weighted by Gasteiger charge is 2.58. The van der Waals surface area contributed by atoms with Crippen LogP contribution in [0, 0.1) is 46.3 Å². The smallest absolute Gasteiger partial charge is 0.0122 e. The van der Waals surface area contributed by atoms with E-state index in [1.807, 2.05) is 5.57 Å². The Balaban J connectivity index is 1.50. The molecule has 1 heteroatoms. The summed E-state index contributed by atoms with van der Waals surface area (Å²) in [7, 11) is 2.12. The quantitative estimate of drug-likeness (QED) is 0.469. The van der Waals surface area contributed by atoms with Crippen LogP contribution in [0.3, 0.4) is 0 Å². The molecule has 0 bridgehead atoms. The zero-order chi connectivity index (χ0) is 21.0. The van der Waals surface area contributed by atoms with Crippen LogP contribution in [0.5, 0.6) is 0 Å². The summed E-state index contributed by atoms with van der Waals surface area (Å²) < 4.78 is 0. The molecule has 0 saturated heterocycles. The largest absolute Gasteiger partial charge is 0.315 e. The molecule has 29 heavy (non-hydrogen) atoms.